The molecule has 2 heterocycles. The molecule has 1 aromatic heterocycles. The molecule has 0 bridgehead atoms. The normalized spacial score (nSPS) is 12.8. The molecule has 1 aliphatic heterocycles. The lowest BCUT2D eigenvalue weighted by molar-refractivity contribution is 0.111. The van der Waals surface area contributed by atoms with E-state index < -0.39 is 0 Å². The third-order valence-corrected chi connectivity index (χ3v) is 3.86. The van der Waals surface area contributed by atoms with E-state index in [1.165, 1.54) is 0 Å². The second-order valence-corrected chi connectivity index (χ2v) is 5.11. The molecule has 0 unspecified atom stereocenters. The fourth-order valence-electron chi connectivity index (χ4n) is 2.82. The van der Waals surface area contributed by atoms with Gasteiger partial charge in [0.2, 0.25) is 0 Å². The number of imidazole rings is 1. The Morgan fingerprint density at radius 1 is 1.00 bits per heavy atom. The summed E-state index contributed by atoms with van der Waals surface area (Å²) in [6.45, 7) is 0.437. The van der Waals surface area contributed by atoms with E-state index in [0.717, 1.165) is 34.5 Å². The third kappa shape index (κ3) is 1.89. The van der Waals surface area contributed by atoms with E-state index in [4.69, 9.17) is 4.99 Å². The van der Waals surface area contributed by atoms with Crippen LogP contribution < -0.4 is 0 Å². The number of nitrogens with zero attached hydrogens (tertiary/aromatic N) is 3. The number of benzene rings is 2. The molecule has 2 aromatic carbocycles. The summed E-state index contributed by atoms with van der Waals surface area (Å²) in [5, 5.41) is 0. The average Bonchev–Trinajstić information content (AvgIpc) is 2.92. The zero-order valence-corrected chi connectivity index (χ0v) is 11.8. The Morgan fingerprint density at radius 3 is 2.59 bits per heavy atom. The van der Waals surface area contributed by atoms with Crippen LogP contribution in [0, 0.1) is 0 Å². The molecule has 0 saturated heterocycles. The smallest absolute Gasteiger partial charge is 0.170 e. The Bertz CT molecular complexity index is 878. The quantitative estimate of drug-likeness (QED) is 0.680. The molecule has 1 aliphatic rings. The molecule has 4 heteroatoms. The predicted molar refractivity (Wildman–Crippen MR) is 84.7 cm³/mol. The number of hydrogen-bond acceptors (Lipinski definition) is 3. The Kier molecular flexibility index (Phi) is 2.93. The molecule has 4 nitrogen and oxygen atoms in total. The van der Waals surface area contributed by atoms with Crippen LogP contribution >= 0.6 is 0 Å². The van der Waals surface area contributed by atoms with Crippen LogP contribution in [0.25, 0.3) is 5.69 Å². The number of aliphatic imine (C=N–C) groups is 1. The maximum absolute atomic E-state index is 11.2. The lowest BCUT2D eigenvalue weighted by Gasteiger charge is -2.11. The predicted octanol–water partition coefficient (Wildman–Crippen LogP) is 3.04. The van der Waals surface area contributed by atoms with Crippen molar-refractivity contribution in [1.29, 1.82) is 0 Å². The summed E-state index contributed by atoms with van der Waals surface area (Å²) < 4.78 is 1.96. The maximum atomic E-state index is 11.2. The van der Waals surface area contributed by atoms with Gasteiger partial charge in [0.25, 0.3) is 0 Å². The van der Waals surface area contributed by atoms with Gasteiger partial charge in [0.1, 0.15) is 12.0 Å². The fourth-order valence-corrected chi connectivity index (χ4v) is 2.82. The largest absolute Gasteiger partial charge is 0.300 e. The second kappa shape index (κ2) is 5.07. The summed E-state index contributed by atoms with van der Waals surface area (Å²) in [5.74, 6) is 0. The van der Waals surface area contributed by atoms with Crippen molar-refractivity contribution in [2.45, 2.75) is 6.54 Å². The Morgan fingerprint density at radius 2 is 1.77 bits per heavy atom. The molecule has 106 valence electrons. The second-order valence-electron chi connectivity index (χ2n) is 5.11. The number of fused-ring (bicyclic) bond motifs is 3. The monoisotopic (exact) mass is 287 g/mol. The van der Waals surface area contributed by atoms with Gasteiger partial charge in [0.05, 0.1) is 23.6 Å². The fraction of sp³-hybridized carbons (Fsp3) is 0.0556. The average molecular weight is 287 g/mol. The number of aldehydes is 1. The summed E-state index contributed by atoms with van der Waals surface area (Å²) in [4.78, 5) is 20.1. The van der Waals surface area contributed by atoms with Gasteiger partial charge in [-0.15, -0.1) is 0 Å². The molecule has 0 N–H and O–H groups in total. The van der Waals surface area contributed by atoms with Gasteiger partial charge < -0.3 is 0 Å². The van der Waals surface area contributed by atoms with Crippen molar-refractivity contribution in [2.75, 3.05) is 0 Å². The molecule has 4 rings (SSSR count). The van der Waals surface area contributed by atoms with Crippen LogP contribution in [0.2, 0.25) is 0 Å². The lowest BCUT2D eigenvalue weighted by Crippen LogP contribution is -2.06. The zero-order chi connectivity index (χ0) is 14.9. The number of aromatic nitrogens is 2. The molecule has 0 aliphatic carbocycles. The van der Waals surface area contributed by atoms with Crippen LogP contribution in [-0.4, -0.2) is 21.5 Å². The minimum atomic E-state index is 0.437. The van der Waals surface area contributed by atoms with Gasteiger partial charge in [0.15, 0.2) is 6.29 Å². The SMILES string of the molecule is O=Cc1ncn2c1CN=C(c1ccccc1)c1ccccc1-2. The Balaban J connectivity index is 1.98. The molecule has 22 heavy (non-hydrogen) atoms. The van der Waals surface area contributed by atoms with Crippen molar-refractivity contribution in [1.82, 2.24) is 9.55 Å². The number of carbonyl (C=O) groups is 1. The highest BCUT2D eigenvalue weighted by molar-refractivity contribution is 6.15. The summed E-state index contributed by atoms with van der Waals surface area (Å²) in [6, 6.07) is 18.2. The van der Waals surface area contributed by atoms with Gasteiger partial charge in [-0.05, 0) is 6.07 Å². The lowest BCUT2D eigenvalue weighted by atomic mass is 10.0. The highest BCUT2D eigenvalue weighted by Gasteiger charge is 2.20. The number of rotatable bonds is 2. The highest BCUT2D eigenvalue weighted by atomic mass is 16.1. The first-order valence-corrected chi connectivity index (χ1v) is 7.09. The van der Waals surface area contributed by atoms with Crippen LogP contribution in [0.4, 0.5) is 0 Å². The molecular formula is C18H13N3O. The van der Waals surface area contributed by atoms with Crippen LogP contribution in [0.15, 0.2) is 65.9 Å². The zero-order valence-electron chi connectivity index (χ0n) is 11.8. The van der Waals surface area contributed by atoms with Gasteiger partial charge in [-0.25, -0.2) is 4.98 Å². The van der Waals surface area contributed by atoms with Gasteiger partial charge in [-0.3, -0.25) is 14.4 Å². The van der Waals surface area contributed by atoms with E-state index in [9.17, 15) is 4.79 Å². The standard InChI is InChI=1S/C18H13N3O/c22-11-15-17-10-19-18(13-6-2-1-3-7-13)14-8-4-5-9-16(14)21(17)12-20-15/h1-9,11-12H,10H2. The van der Waals surface area contributed by atoms with Crippen molar-refractivity contribution in [2.24, 2.45) is 4.99 Å². The summed E-state index contributed by atoms with van der Waals surface area (Å²) >= 11 is 0. The topological polar surface area (TPSA) is 47.2 Å². The van der Waals surface area contributed by atoms with Crippen molar-refractivity contribution in [3.8, 4) is 5.69 Å². The molecule has 0 atom stereocenters. The first-order valence-electron chi connectivity index (χ1n) is 7.09. The molecule has 3 aromatic rings. The van der Waals surface area contributed by atoms with E-state index in [2.05, 4.69) is 23.2 Å². The molecule has 0 radical (unpaired) electrons. The van der Waals surface area contributed by atoms with E-state index in [1.54, 1.807) is 6.33 Å². The summed E-state index contributed by atoms with van der Waals surface area (Å²) in [5.41, 5.74) is 5.33. The number of hydrogen-bond donors (Lipinski definition) is 0. The van der Waals surface area contributed by atoms with Gasteiger partial charge in [-0.1, -0.05) is 48.5 Å². The van der Waals surface area contributed by atoms with Crippen molar-refractivity contribution < 1.29 is 4.79 Å². The first kappa shape index (κ1) is 12.7. The Labute approximate surface area is 127 Å². The first-order chi connectivity index (χ1) is 10.9. The van der Waals surface area contributed by atoms with Crippen molar-refractivity contribution >= 4 is 12.0 Å². The van der Waals surface area contributed by atoms with E-state index in [-0.39, 0.29) is 0 Å². The van der Waals surface area contributed by atoms with Gasteiger partial charge in [-0.2, -0.15) is 0 Å². The van der Waals surface area contributed by atoms with E-state index in [0.29, 0.717) is 12.2 Å². The number of carbonyl (C=O) groups excluding carboxylic acids is 1. The maximum Gasteiger partial charge on any atom is 0.170 e. The molecule has 0 spiro atoms. The van der Waals surface area contributed by atoms with E-state index >= 15 is 0 Å². The molecule has 0 fully saturated rings. The van der Waals surface area contributed by atoms with Crippen LogP contribution in [0.5, 0.6) is 0 Å². The van der Waals surface area contributed by atoms with Crippen LogP contribution in [0.3, 0.4) is 0 Å². The summed E-state index contributed by atoms with van der Waals surface area (Å²) in [6.07, 6.45) is 2.48. The van der Waals surface area contributed by atoms with Crippen LogP contribution in [0.1, 0.15) is 27.3 Å². The van der Waals surface area contributed by atoms with Crippen molar-refractivity contribution in [3.05, 3.63) is 83.4 Å². The molecule has 0 saturated carbocycles. The van der Waals surface area contributed by atoms with Gasteiger partial charge >= 0.3 is 0 Å². The minimum absolute atomic E-state index is 0.437. The van der Waals surface area contributed by atoms with E-state index in [1.807, 2.05) is 41.0 Å². The van der Waals surface area contributed by atoms with Crippen molar-refractivity contribution in [3.63, 3.8) is 0 Å². The number of para-hydroxylation sites is 1. The molecule has 0 amide bonds. The Hall–Kier alpha value is -3.01. The van der Waals surface area contributed by atoms with Crippen LogP contribution in [-0.2, 0) is 6.54 Å². The third-order valence-electron chi connectivity index (χ3n) is 3.86. The molecular weight excluding hydrogens is 274 g/mol. The van der Waals surface area contributed by atoms with Gasteiger partial charge in [0, 0.05) is 11.1 Å². The minimum Gasteiger partial charge on any atom is -0.300 e. The highest BCUT2D eigenvalue weighted by Crippen LogP contribution is 2.25. The summed E-state index contributed by atoms with van der Waals surface area (Å²) in [7, 11) is 0.